The molecule has 1 aromatic rings. The van der Waals surface area contributed by atoms with Gasteiger partial charge in [0, 0.05) is 6.54 Å². The van der Waals surface area contributed by atoms with E-state index in [1.807, 2.05) is 0 Å². The zero-order chi connectivity index (χ0) is 13.9. The smallest absolute Gasteiger partial charge is 0.242 e. The van der Waals surface area contributed by atoms with Crippen LogP contribution in [0.3, 0.4) is 0 Å². The van der Waals surface area contributed by atoms with Crippen LogP contribution < -0.4 is 10.5 Å². The summed E-state index contributed by atoms with van der Waals surface area (Å²) in [5, 5.41) is 0. The third-order valence-electron chi connectivity index (χ3n) is 3.61. The number of hydrogen-bond acceptors (Lipinski definition) is 4. The summed E-state index contributed by atoms with van der Waals surface area (Å²) in [7, 11) is -1.40. The first-order chi connectivity index (χ1) is 8.99. The van der Waals surface area contributed by atoms with E-state index < -0.39 is 10.0 Å². The summed E-state index contributed by atoms with van der Waals surface area (Å²) >= 11 is 0. The van der Waals surface area contributed by atoms with Gasteiger partial charge in [-0.3, -0.25) is 0 Å². The molecule has 0 bridgehead atoms. The number of hydrogen-bond donors (Lipinski definition) is 2. The molecule has 0 amide bonds. The highest BCUT2D eigenvalue weighted by molar-refractivity contribution is 7.89. The highest BCUT2D eigenvalue weighted by atomic mass is 32.2. The lowest BCUT2D eigenvalue weighted by molar-refractivity contribution is 0.220. The molecule has 5 nitrogen and oxygen atoms in total. The second-order valence-electron chi connectivity index (χ2n) is 5.14. The average molecular weight is 283 g/mol. The van der Waals surface area contributed by atoms with Gasteiger partial charge in [0.15, 0.2) is 0 Å². The summed E-state index contributed by atoms with van der Waals surface area (Å²) in [6.45, 7) is 2.55. The standard InChI is InChI=1S/C13H21N3O2S/c1-16-8-6-11(7-9-16)10-15-19(17,18)13-5-3-2-4-12(13)14/h2-5,11,15H,6-10,14H2,1H3. The van der Waals surface area contributed by atoms with E-state index in [9.17, 15) is 8.42 Å². The molecule has 1 saturated heterocycles. The molecule has 6 heteroatoms. The molecule has 1 fully saturated rings. The quantitative estimate of drug-likeness (QED) is 0.805. The number of sulfonamides is 1. The third-order valence-corrected chi connectivity index (χ3v) is 5.11. The van der Waals surface area contributed by atoms with E-state index in [-0.39, 0.29) is 4.90 Å². The van der Waals surface area contributed by atoms with Crippen LogP contribution in [-0.2, 0) is 10.0 Å². The van der Waals surface area contributed by atoms with Crippen LogP contribution in [0, 0.1) is 5.92 Å². The van der Waals surface area contributed by atoms with Gasteiger partial charge in [0.25, 0.3) is 0 Å². The van der Waals surface area contributed by atoms with E-state index in [2.05, 4.69) is 16.7 Å². The van der Waals surface area contributed by atoms with Crippen molar-refractivity contribution in [2.75, 3.05) is 32.4 Å². The predicted octanol–water partition coefficient (Wildman–Crippen LogP) is 0.889. The topological polar surface area (TPSA) is 75.4 Å². The zero-order valence-electron chi connectivity index (χ0n) is 11.2. The fourth-order valence-electron chi connectivity index (χ4n) is 2.30. The maximum Gasteiger partial charge on any atom is 0.242 e. The summed E-state index contributed by atoms with van der Waals surface area (Å²) in [6, 6.07) is 6.54. The molecular formula is C13H21N3O2S. The molecule has 0 aromatic heterocycles. The number of nitrogens with one attached hydrogen (secondary N) is 1. The molecule has 0 atom stereocenters. The summed E-state index contributed by atoms with van der Waals surface area (Å²) in [5.74, 6) is 0.413. The highest BCUT2D eigenvalue weighted by Gasteiger charge is 2.21. The summed E-state index contributed by atoms with van der Waals surface area (Å²) in [5.41, 5.74) is 6.00. The molecule has 106 valence electrons. The van der Waals surface area contributed by atoms with Gasteiger partial charge in [0.05, 0.1) is 5.69 Å². The second kappa shape index (κ2) is 5.90. The number of nitrogens with zero attached hydrogens (tertiary/aromatic N) is 1. The van der Waals surface area contributed by atoms with E-state index in [4.69, 9.17) is 5.73 Å². The van der Waals surface area contributed by atoms with Crippen molar-refractivity contribution in [3.05, 3.63) is 24.3 Å². The minimum Gasteiger partial charge on any atom is -0.398 e. The van der Waals surface area contributed by atoms with Crippen molar-refractivity contribution >= 4 is 15.7 Å². The summed E-state index contributed by atoms with van der Waals surface area (Å²) in [6.07, 6.45) is 2.06. The molecule has 0 spiro atoms. The van der Waals surface area contributed by atoms with Crippen LogP contribution in [0.25, 0.3) is 0 Å². The molecule has 2 rings (SSSR count). The normalized spacial score (nSPS) is 18.6. The van der Waals surface area contributed by atoms with Gasteiger partial charge in [-0.25, -0.2) is 13.1 Å². The SMILES string of the molecule is CN1CCC(CNS(=O)(=O)c2ccccc2N)CC1. The Morgan fingerprint density at radius 3 is 2.58 bits per heavy atom. The van der Waals surface area contributed by atoms with Crippen molar-refractivity contribution < 1.29 is 8.42 Å². The van der Waals surface area contributed by atoms with E-state index in [0.717, 1.165) is 25.9 Å². The molecule has 1 aliphatic rings. The Balaban J connectivity index is 1.97. The highest BCUT2D eigenvalue weighted by Crippen LogP contribution is 2.19. The number of nitrogen functional groups attached to an aromatic ring is 1. The largest absolute Gasteiger partial charge is 0.398 e. The van der Waals surface area contributed by atoms with Crippen LogP contribution in [0.15, 0.2) is 29.2 Å². The first-order valence-electron chi connectivity index (χ1n) is 6.52. The van der Waals surface area contributed by atoms with Crippen LogP contribution >= 0.6 is 0 Å². The Bertz CT molecular complexity index is 522. The maximum absolute atomic E-state index is 12.2. The lowest BCUT2D eigenvalue weighted by Gasteiger charge is -2.28. The Hall–Kier alpha value is -1.11. The van der Waals surface area contributed by atoms with Gasteiger partial charge in [0.1, 0.15) is 4.90 Å². The van der Waals surface area contributed by atoms with Crippen molar-refractivity contribution in [3.63, 3.8) is 0 Å². The molecular weight excluding hydrogens is 262 g/mol. The first kappa shape index (κ1) is 14.3. The minimum atomic E-state index is -3.49. The van der Waals surface area contributed by atoms with Crippen molar-refractivity contribution in [2.45, 2.75) is 17.7 Å². The second-order valence-corrected chi connectivity index (χ2v) is 6.87. The van der Waals surface area contributed by atoms with Crippen LogP contribution in [0.5, 0.6) is 0 Å². The summed E-state index contributed by atoms with van der Waals surface area (Å²) in [4.78, 5) is 2.43. The predicted molar refractivity (Wildman–Crippen MR) is 76.3 cm³/mol. The Morgan fingerprint density at radius 2 is 1.95 bits per heavy atom. The van der Waals surface area contributed by atoms with Gasteiger partial charge < -0.3 is 10.6 Å². The fourth-order valence-corrected chi connectivity index (χ4v) is 3.54. The number of para-hydroxylation sites is 1. The van der Waals surface area contributed by atoms with Crippen molar-refractivity contribution in [1.29, 1.82) is 0 Å². The van der Waals surface area contributed by atoms with Crippen LogP contribution in [0.4, 0.5) is 5.69 Å². The van der Waals surface area contributed by atoms with E-state index in [1.54, 1.807) is 18.2 Å². The van der Waals surface area contributed by atoms with Crippen molar-refractivity contribution in [1.82, 2.24) is 9.62 Å². The van der Waals surface area contributed by atoms with E-state index >= 15 is 0 Å². The molecule has 1 aliphatic heterocycles. The molecule has 0 unspecified atom stereocenters. The number of benzene rings is 1. The Morgan fingerprint density at radius 1 is 1.32 bits per heavy atom. The molecule has 1 heterocycles. The van der Waals surface area contributed by atoms with Gasteiger partial charge >= 0.3 is 0 Å². The fraction of sp³-hybridized carbons (Fsp3) is 0.538. The number of anilines is 1. The van der Waals surface area contributed by atoms with Gasteiger partial charge in [-0.2, -0.15) is 0 Å². The van der Waals surface area contributed by atoms with Crippen LogP contribution in [0.1, 0.15) is 12.8 Å². The van der Waals surface area contributed by atoms with Crippen LogP contribution in [0.2, 0.25) is 0 Å². The van der Waals surface area contributed by atoms with Crippen LogP contribution in [-0.4, -0.2) is 40.0 Å². The molecule has 19 heavy (non-hydrogen) atoms. The molecule has 3 N–H and O–H groups in total. The Labute approximate surface area is 114 Å². The van der Waals surface area contributed by atoms with Crippen molar-refractivity contribution in [3.8, 4) is 0 Å². The molecule has 0 aliphatic carbocycles. The number of rotatable bonds is 4. The minimum absolute atomic E-state index is 0.169. The molecule has 0 radical (unpaired) electrons. The lowest BCUT2D eigenvalue weighted by Crippen LogP contribution is -2.37. The van der Waals surface area contributed by atoms with E-state index in [1.165, 1.54) is 6.07 Å². The zero-order valence-corrected chi connectivity index (χ0v) is 12.0. The lowest BCUT2D eigenvalue weighted by atomic mass is 9.98. The maximum atomic E-state index is 12.2. The average Bonchev–Trinajstić information content (AvgIpc) is 2.38. The first-order valence-corrected chi connectivity index (χ1v) is 8.00. The number of nitrogens with two attached hydrogens (primary N) is 1. The Kier molecular flexibility index (Phi) is 4.44. The van der Waals surface area contributed by atoms with Gasteiger partial charge in [-0.1, -0.05) is 12.1 Å². The monoisotopic (exact) mass is 283 g/mol. The number of piperidine rings is 1. The van der Waals surface area contributed by atoms with Crippen molar-refractivity contribution in [2.24, 2.45) is 5.92 Å². The van der Waals surface area contributed by atoms with Gasteiger partial charge in [0.2, 0.25) is 10.0 Å². The number of likely N-dealkylation sites (tertiary alicyclic amines) is 1. The van der Waals surface area contributed by atoms with Gasteiger partial charge in [-0.15, -0.1) is 0 Å². The molecule has 1 aromatic carbocycles. The third kappa shape index (κ3) is 3.68. The van der Waals surface area contributed by atoms with E-state index in [0.29, 0.717) is 18.2 Å². The summed E-state index contributed by atoms with van der Waals surface area (Å²) < 4.78 is 27.0. The van der Waals surface area contributed by atoms with Gasteiger partial charge in [-0.05, 0) is 51.0 Å². The molecule has 0 saturated carbocycles.